The van der Waals surface area contributed by atoms with E-state index >= 15 is 0 Å². The van der Waals surface area contributed by atoms with Crippen LogP contribution in [0.15, 0.2) is 30.3 Å². The number of carbonyl (C=O) groups excluding carboxylic acids is 1. The van der Waals surface area contributed by atoms with Crippen molar-refractivity contribution in [2.45, 2.75) is 19.3 Å². The fourth-order valence-electron chi connectivity index (χ4n) is 2.45. The molecule has 0 radical (unpaired) electrons. The molecule has 19 heavy (non-hydrogen) atoms. The lowest BCUT2D eigenvalue weighted by molar-refractivity contribution is -0.126. The lowest BCUT2D eigenvalue weighted by atomic mass is 9.95. The molecule has 3 nitrogen and oxygen atoms in total. The normalized spacial score (nSPS) is 18.6. The van der Waals surface area contributed by atoms with Crippen LogP contribution in [-0.2, 0) is 4.79 Å². The summed E-state index contributed by atoms with van der Waals surface area (Å²) in [7, 11) is 0. The lowest BCUT2D eigenvalue weighted by Crippen LogP contribution is -2.39. The van der Waals surface area contributed by atoms with Gasteiger partial charge in [0.2, 0.25) is 0 Å². The van der Waals surface area contributed by atoms with Gasteiger partial charge in [0.25, 0.3) is 5.91 Å². The van der Waals surface area contributed by atoms with Gasteiger partial charge >= 0.3 is 0 Å². The Balaban J connectivity index is 1.95. The minimum Gasteiger partial charge on any atom is -0.332 e. The van der Waals surface area contributed by atoms with Crippen molar-refractivity contribution >= 4 is 5.91 Å². The zero-order chi connectivity index (χ0) is 13.5. The van der Waals surface area contributed by atoms with Crippen LogP contribution in [-0.4, -0.2) is 30.4 Å². The molecule has 1 unspecified atom stereocenters. The molecule has 1 aromatic carbocycles. The highest BCUT2D eigenvalue weighted by atomic mass is 16.2. The summed E-state index contributed by atoms with van der Waals surface area (Å²) in [5.74, 6) is 6.14. The Labute approximate surface area is 114 Å². The first-order chi connectivity index (χ1) is 9.29. The fourth-order valence-corrected chi connectivity index (χ4v) is 2.45. The summed E-state index contributed by atoms with van der Waals surface area (Å²) in [6, 6.07) is 9.61. The van der Waals surface area contributed by atoms with Crippen LogP contribution >= 0.6 is 0 Å². The summed E-state index contributed by atoms with van der Waals surface area (Å²) in [4.78, 5) is 13.9. The molecule has 1 heterocycles. The monoisotopic (exact) mass is 256 g/mol. The van der Waals surface area contributed by atoms with Gasteiger partial charge in [0.1, 0.15) is 0 Å². The van der Waals surface area contributed by atoms with E-state index in [0.29, 0.717) is 12.5 Å². The van der Waals surface area contributed by atoms with Crippen LogP contribution in [0.5, 0.6) is 0 Å². The Kier molecular flexibility index (Phi) is 5.00. The average molecular weight is 256 g/mol. The molecule has 0 aliphatic carbocycles. The molecule has 1 saturated heterocycles. The largest absolute Gasteiger partial charge is 0.332 e. The van der Waals surface area contributed by atoms with Crippen LogP contribution < -0.4 is 5.73 Å². The Bertz CT molecular complexity index is 471. The van der Waals surface area contributed by atoms with Crippen molar-refractivity contribution in [3.63, 3.8) is 0 Å². The maximum absolute atomic E-state index is 12.0. The predicted octanol–water partition coefficient (Wildman–Crippen LogP) is 1.63. The molecule has 1 aliphatic heterocycles. The van der Waals surface area contributed by atoms with E-state index in [-0.39, 0.29) is 5.91 Å². The van der Waals surface area contributed by atoms with Gasteiger partial charge in [-0.1, -0.05) is 24.1 Å². The summed E-state index contributed by atoms with van der Waals surface area (Å²) in [5.41, 5.74) is 6.47. The number of hydrogen-bond donors (Lipinski definition) is 1. The first-order valence-electron chi connectivity index (χ1n) is 6.85. The molecule has 1 atom stereocenters. The van der Waals surface area contributed by atoms with Crippen molar-refractivity contribution in [2.24, 2.45) is 11.7 Å². The smallest absolute Gasteiger partial charge is 0.298 e. The topological polar surface area (TPSA) is 46.3 Å². The SMILES string of the molecule is NCCC1CCCN(C(=O)C#Cc2ccccc2)C1. The molecule has 0 aromatic heterocycles. The van der Waals surface area contributed by atoms with E-state index < -0.39 is 0 Å². The van der Waals surface area contributed by atoms with Crippen molar-refractivity contribution < 1.29 is 4.79 Å². The number of piperidine rings is 1. The summed E-state index contributed by atoms with van der Waals surface area (Å²) in [6.07, 6.45) is 3.23. The standard InChI is InChI=1S/C16H20N2O/c17-11-10-15-7-4-12-18(13-15)16(19)9-8-14-5-2-1-3-6-14/h1-3,5-6,15H,4,7,10-13,17H2. The minimum absolute atomic E-state index is 0.0643. The van der Waals surface area contributed by atoms with Crippen molar-refractivity contribution in [2.75, 3.05) is 19.6 Å². The number of nitrogens with zero attached hydrogens (tertiary/aromatic N) is 1. The van der Waals surface area contributed by atoms with E-state index in [0.717, 1.165) is 31.5 Å². The molecule has 3 heteroatoms. The number of rotatable bonds is 2. The molecule has 1 aliphatic rings. The number of nitrogens with two attached hydrogens (primary N) is 1. The van der Waals surface area contributed by atoms with Crippen LogP contribution in [0.2, 0.25) is 0 Å². The third-order valence-electron chi connectivity index (χ3n) is 3.47. The minimum atomic E-state index is -0.0643. The molecular formula is C16H20N2O. The van der Waals surface area contributed by atoms with Gasteiger partial charge in [0.05, 0.1) is 0 Å². The molecule has 1 amide bonds. The van der Waals surface area contributed by atoms with E-state index in [1.54, 1.807) is 0 Å². The van der Waals surface area contributed by atoms with Crippen LogP contribution in [0.4, 0.5) is 0 Å². The van der Waals surface area contributed by atoms with Crippen molar-refractivity contribution in [1.82, 2.24) is 4.90 Å². The van der Waals surface area contributed by atoms with E-state index in [1.807, 2.05) is 35.2 Å². The Morgan fingerprint density at radius 2 is 2.16 bits per heavy atom. The van der Waals surface area contributed by atoms with E-state index in [1.165, 1.54) is 6.42 Å². The summed E-state index contributed by atoms with van der Waals surface area (Å²) in [5, 5.41) is 0. The molecule has 1 fully saturated rings. The first-order valence-corrected chi connectivity index (χ1v) is 6.85. The molecule has 2 N–H and O–H groups in total. The van der Waals surface area contributed by atoms with E-state index in [9.17, 15) is 4.79 Å². The van der Waals surface area contributed by atoms with Gasteiger partial charge in [-0.05, 0) is 43.9 Å². The summed E-state index contributed by atoms with van der Waals surface area (Å²) in [6.45, 7) is 2.32. The van der Waals surface area contributed by atoms with Gasteiger partial charge in [-0.2, -0.15) is 0 Å². The van der Waals surface area contributed by atoms with Crippen molar-refractivity contribution in [3.05, 3.63) is 35.9 Å². The number of carbonyl (C=O) groups is 1. The highest BCUT2D eigenvalue weighted by molar-refractivity contribution is 5.94. The lowest BCUT2D eigenvalue weighted by Gasteiger charge is -2.31. The van der Waals surface area contributed by atoms with Crippen molar-refractivity contribution in [1.29, 1.82) is 0 Å². The second-order valence-electron chi connectivity index (χ2n) is 4.95. The highest BCUT2D eigenvalue weighted by Crippen LogP contribution is 2.18. The number of amides is 1. The molecule has 2 rings (SSSR count). The molecule has 0 saturated carbocycles. The maximum atomic E-state index is 12.0. The fraction of sp³-hybridized carbons (Fsp3) is 0.438. The predicted molar refractivity (Wildman–Crippen MR) is 76.3 cm³/mol. The molecule has 100 valence electrons. The summed E-state index contributed by atoms with van der Waals surface area (Å²) >= 11 is 0. The van der Waals surface area contributed by atoms with Gasteiger partial charge in [0.15, 0.2) is 0 Å². The average Bonchev–Trinajstić information content (AvgIpc) is 2.46. The van der Waals surface area contributed by atoms with Gasteiger partial charge in [-0.25, -0.2) is 0 Å². The van der Waals surface area contributed by atoms with E-state index in [4.69, 9.17) is 5.73 Å². The van der Waals surface area contributed by atoms with E-state index in [2.05, 4.69) is 11.8 Å². The number of benzene rings is 1. The molecule has 0 bridgehead atoms. The highest BCUT2D eigenvalue weighted by Gasteiger charge is 2.21. The molecular weight excluding hydrogens is 236 g/mol. The molecule has 1 aromatic rings. The maximum Gasteiger partial charge on any atom is 0.298 e. The zero-order valence-corrected chi connectivity index (χ0v) is 11.1. The second-order valence-corrected chi connectivity index (χ2v) is 4.95. The van der Waals surface area contributed by atoms with Gasteiger partial charge in [-0.3, -0.25) is 4.79 Å². The van der Waals surface area contributed by atoms with Gasteiger partial charge in [0, 0.05) is 24.6 Å². The first kappa shape index (κ1) is 13.6. The third-order valence-corrected chi connectivity index (χ3v) is 3.47. The van der Waals surface area contributed by atoms with Crippen LogP contribution in [0.1, 0.15) is 24.8 Å². The Morgan fingerprint density at radius 3 is 2.89 bits per heavy atom. The van der Waals surface area contributed by atoms with Gasteiger partial charge in [-0.15, -0.1) is 0 Å². The van der Waals surface area contributed by atoms with Gasteiger partial charge < -0.3 is 10.6 Å². The van der Waals surface area contributed by atoms with Crippen LogP contribution in [0.3, 0.4) is 0 Å². The Hall–Kier alpha value is -1.79. The Morgan fingerprint density at radius 1 is 1.37 bits per heavy atom. The number of likely N-dealkylation sites (tertiary alicyclic amines) is 1. The van der Waals surface area contributed by atoms with Crippen LogP contribution in [0, 0.1) is 17.8 Å². The third kappa shape index (κ3) is 4.11. The summed E-state index contributed by atoms with van der Waals surface area (Å²) < 4.78 is 0. The zero-order valence-electron chi connectivity index (χ0n) is 11.1. The van der Waals surface area contributed by atoms with Crippen molar-refractivity contribution in [3.8, 4) is 11.8 Å². The quantitative estimate of drug-likeness (QED) is 0.817. The number of hydrogen-bond acceptors (Lipinski definition) is 2. The van der Waals surface area contributed by atoms with Crippen LogP contribution in [0.25, 0.3) is 0 Å². The second kappa shape index (κ2) is 6.96. The molecule has 0 spiro atoms.